The number of rotatable bonds is 5. The minimum absolute atomic E-state index is 0.348. The molecule has 0 spiro atoms. The smallest absolute Gasteiger partial charge is 0.0328 e. The quantitative estimate of drug-likeness (QED) is 0.816. The fraction of sp³-hybridized carbons (Fsp3) is 0.667. The molecule has 3 atom stereocenters. The van der Waals surface area contributed by atoms with Gasteiger partial charge in [0.2, 0.25) is 0 Å². The second-order valence-corrected chi connectivity index (χ2v) is 8.28. The predicted molar refractivity (Wildman–Crippen MR) is 91.3 cm³/mol. The summed E-state index contributed by atoms with van der Waals surface area (Å²) in [6, 6.07) is 12.1. The third-order valence-electron chi connectivity index (χ3n) is 4.19. The zero-order valence-corrected chi connectivity index (χ0v) is 14.2. The van der Waals surface area contributed by atoms with Gasteiger partial charge in [-0.25, -0.2) is 0 Å². The lowest BCUT2D eigenvalue weighted by atomic mass is 9.85. The summed E-state index contributed by atoms with van der Waals surface area (Å²) >= 11 is 2.03. The molecule has 1 aromatic carbocycles. The van der Waals surface area contributed by atoms with Gasteiger partial charge in [0.25, 0.3) is 0 Å². The van der Waals surface area contributed by atoms with Crippen LogP contribution in [0.3, 0.4) is 0 Å². The normalized spacial score (nSPS) is 24.8. The van der Waals surface area contributed by atoms with E-state index in [1.807, 2.05) is 11.8 Å². The Bertz CT molecular complexity index is 396. The molecule has 1 aliphatic rings. The molecule has 1 nitrogen and oxygen atoms in total. The van der Waals surface area contributed by atoms with Crippen LogP contribution in [0.1, 0.15) is 58.1 Å². The summed E-state index contributed by atoms with van der Waals surface area (Å²) in [5, 5.41) is 4.76. The Labute approximate surface area is 128 Å². The van der Waals surface area contributed by atoms with Crippen LogP contribution in [0.25, 0.3) is 0 Å². The van der Waals surface area contributed by atoms with Crippen molar-refractivity contribution in [1.29, 1.82) is 0 Å². The molecule has 1 N–H and O–H groups in total. The summed E-state index contributed by atoms with van der Waals surface area (Å²) in [7, 11) is 0. The second kappa shape index (κ2) is 7.00. The van der Waals surface area contributed by atoms with Crippen LogP contribution in [0, 0.1) is 5.41 Å². The Hall–Kier alpha value is -0.470. The molecule has 0 saturated heterocycles. The van der Waals surface area contributed by atoms with E-state index in [4.69, 9.17) is 0 Å². The average molecular weight is 292 g/mol. The van der Waals surface area contributed by atoms with Gasteiger partial charge >= 0.3 is 0 Å². The molecule has 0 radical (unpaired) electrons. The van der Waals surface area contributed by atoms with Gasteiger partial charge < -0.3 is 5.32 Å². The highest BCUT2D eigenvalue weighted by atomic mass is 32.2. The first kappa shape index (κ1) is 15.9. The van der Waals surface area contributed by atoms with Gasteiger partial charge in [-0.15, -0.1) is 0 Å². The lowest BCUT2D eigenvalue weighted by Gasteiger charge is -2.31. The zero-order chi connectivity index (χ0) is 14.6. The minimum atomic E-state index is 0.348. The molecule has 1 aromatic rings. The van der Waals surface area contributed by atoms with Crippen molar-refractivity contribution in [2.24, 2.45) is 5.41 Å². The van der Waals surface area contributed by atoms with E-state index in [-0.39, 0.29) is 0 Å². The van der Waals surface area contributed by atoms with Crippen molar-refractivity contribution in [3.8, 4) is 0 Å². The monoisotopic (exact) mass is 291 g/mol. The largest absolute Gasteiger partial charge is 0.306 e. The van der Waals surface area contributed by atoms with E-state index in [0.717, 1.165) is 5.25 Å². The lowest BCUT2D eigenvalue weighted by molar-refractivity contribution is 0.294. The van der Waals surface area contributed by atoms with Crippen molar-refractivity contribution in [2.75, 3.05) is 6.26 Å². The van der Waals surface area contributed by atoms with Crippen molar-refractivity contribution in [3.05, 3.63) is 35.9 Å². The van der Waals surface area contributed by atoms with Crippen LogP contribution in [0.15, 0.2) is 30.3 Å². The fourth-order valence-electron chi connectivity index (χ4n) is 3.23. The van der Waals surface area contributed by atoms with E-state index in [1.165, 1.54) is 31.2 Å². The summed E-state index contributed by atoms with van der Waals surface area (Å²) in [6.07, 6.45) is 7.52. The molecule has 0 aliphatic heterocycles. The maximum absolute atomic E-state index is 3.97. The Balaban J connectivity index is 2.10. The van der Waals surface area contributed by atoms with Gasteiger partial charge in [-0.2, -0.15) is 11.8 Å². The summed E-state index contributed by atoms with van der Waals surface area (Å²) in [5.41, 5.74) is 1.79. The third-order valence-corrected chi connectivity index (χ3v) is 5.36. The standard InChI is InChI=1S/C18H29NS/c1-18(2,3)13-16(14-9-6-5-7-10-14)19-15-11-8-12-17(15)20-4/h5-7,9-10,15-17,19H,8,11-13H2,1-4H3. The van der Waals surface area contributed by atoms with Gasteiger partial charge in [0.1, 0.15) is 0 Å². The third kappa shape index (κ3) is 4.53. The molecule has 3 unspecified atom stereocenters. The molecular formula is C18H29NS. The van der Waals surface area contributed by atoms with Gasteiger partial charge in [0, 0.05) is 17.3 Å². The molecule has 0 bridgehead atoms. The zero-order valence-electron chi connectivity index (χ0n) is 13.4. The number of hydrogen-bond donors (Lipinski definition) is 1. The fourth-order valence-corrected chi connectivity index (χ4v) is 4.17. The van der Waals surface area contributed by atoms with E-state index < -0.39 is 0 Å². The van der Waals surface area contributed by atoms with Gasteiger partial charge in [0.05, 0.1) is 0 Å². The van der Waals surface area contributed by atoms with Crippen LogP contribution >= 0.6 is 11.8 Å². The van der Waals surface area contributed by atoms with Crippen LogP contribution in [0.5, 0.6) is 0 Å². The Morgan fingerprint density at radius 3 is 2.50 bits per heavy atom. The highest BCUT2D eigenvalue weighted by Gasteiger charge is 2.30. The SMILES string of the molecule is CSC1CCCC1NC(CC(C)(C)C)c1ccccc1. The Morgan fingerprint density at radius 1 is 1.20 bits per heavy atom. The second-order valence-electron chi connectivity index (χ2n) is 7.21. The van der Waals surface area contributed by atoms with Crippen LogP contribution in [-0.2, 0) is 0 Å². The molecule has 20 heavy (non-hydrogen) atoms. The van der Waals surface area contributed by atoms with Gasteiger partial charge in [-0.1, -0.05) is 57.5 Å². The summed E-state index contributed by atoms with van der Waals surface area (Å²) < 4.78 is 0. The van der Waals surface area contributed by atoms with E-state index in [1.54, 1.807) is 0 Å². The summed E-state index contributed by atoms with van der Waals surface area (Å²) in [6.45, 7) is 7.02. The number of nitrogens with one attached hydrogen (secondary N) is 1. The van der Waals surface area contributed by atoms with Crippen molar-refractivity contribution >= 4 is 11.8 Å². The first-order valence-electron chi connectivity index (χ1n) is 7.83. The molecular weight excluding hydrogens is 262 g/mol. The topological polar surface area (TPSA) is 12.0 Å². The molecule has 2 rings (SSSR count). The summed E-state index contributed by atoms with van der Waals surface area (Å²) in [5.74, 6) is 0. The van der Waals surface area contributed by atoms with E-state index in [2.05, 4.69) is 62.7 Å². The lowest BCUT2D eigenvalue weighted by Crippen LogP contribution is -2.38. The highest BCUT2D eigenvalue weighted by Crippen LogP contribution is 2.34. The predicted octanol–water partition coefficient (Wildman–Crippen LogP) is 5.04. The molecule has 0 heterocycles. The van der Waals surface area contributed by atoms with E-state index in [9.17, 15) is 0 Å². The van der Waals surface area contributed by atoms with Crippen LogP contribution in [-0.4, -0.2) is 17.5 Å². The summed E-state index contributed by atoms with van der Waals surface area (Å²) in [4.78, 5) is 0. The van der Waals surface area contributed by atoms with Crippen LogP contribution in [0.4, 0.5) is 0 Å². The highest BCUT2D eigenvalue weighted by molar-refractivity contribution is 7.99. The molecule has 1 aliphatic carbocycles. The average Bonchev–Trinajstić information content (AvgIpc) is 2.85. The molecule has 1 fully saturated rings. The maximum atomic E-state index is 3.97. The van der Waals surface area contributed by atoms with Crippen LogP contribution < -0.4 is 5.32 Å². The van der Waals surface area contributed by atoms with Crippen molar-refractivity contribution in [3.63, 3.8) is 0 Å². The van der Waals surface area contributed by atoms with Gasteiger partial charge in [-0.05, 0) is 36.5 Å². The number of thioether (sulfide) groups is 1. The van der Waals surface area contributed by atoms with Crippen molar-refractivity contribution < 1.29 is 0 Å². The van der Waals surface area contributed by atoms with Gasteiger partial charge in [0.15, 0.2) is 0 Å². The van der Waals surface area contributed by atoms with Crippen molar-refractivity contribution in [2.45, 2.75) is 63.8 Å². The Morgan fingerprint density at radius 2 is 1.90 bits per heavy atom. The maximum Gasteiger partial charge on any atom is 0.0328 e. The molecule has 1 saturated carbocycles. The molecule has 2 heteroatoms. The first-order valence-corrected chi connectivity index (χ1v) is 9.12. The van der Waals surface area contributed by atoms with Crippen molar-refractivity contribution in [1.82, 2.24) is 5.32 Å². The van der Waals surface area contributed by atoms with Gasteiger partial charge in [-0.3, -0.25) is 0 Å². The molecule has 0 aromatic heterocycles. The number of hydrogen-bond acceptors (Lipinski definition) is 2. The molecule has 112 valence electrons. The van der Waals surface area contributed by atoms with Crippen LogP contribution in [0.2, 0.25) is 0 Å². The first-order chi connectivity index (χ1) is 9.49. The Kier molecular flexibility index (Phi) is 5.57. The van der Waals surface area contributed by atoms with E-state index in [0.29, 0.717) is 17.5 Å². The molecule has 0 amide bonds. The van der Waals surface area contributed by atoms with E-state index >= 15 is 0 Å². The minimum Gasteiger partial charge on any atom is -0.306 e. The number of benzene rings is 1.